The van der Waals surface area contributed by atoms with E-state index in [1.807, 2.05) is 12.1 Å². The van der Waals surface area contributed by atoms with Gasteiger partial charge in [0.25, 0.3) is 11.8 Å². The highest BCUT2D eigenvalue weighted by molar-refractivity contribution is 6.31. The first kappa shape index (κ1) is 37.4. The number of amides is 2. The van der Waals surface area contributed by atoms with Gasteiger partial charge in [0.1, 0.15) is 23.6 Å². The number of carbonyl (C=O) groups is 2. The molecule has 0 atom stereocenters. The van der Waals surface area contributed by atoms with Crippen molar-refractivity contribution in [3.63, 3.8) is 0 Å². The monoisotopic (exact) mass is 760 g/mol. The molecule has 2 amide bonds. The summed E-state index contributed by atoms with van der Waals surface area (Å²) in [5, 5.41) is 9.87. The maximum atomic E-state index is 13.8. The fraction of sp³-hybridized carbons (Fsp3) is 0.0750. The van der Waals surface area contributed by atoms with E-state index >= 15 is 0 Å². The molecule has 0 aliphatic carbocycles. The Morgan fingerprint density at radius 3 is 1.87 bits per heavy atom. The van der Waals surface area contributed by atoms with E-state index < -0.39 is 40.9 Å². The van der Waals surface area contributed by atoms with E-state index in [1.54, 1.807) is 66.7 Å². The van der Waals surface area contributed by atoms with Crippen molar-refractivity contribution < 1.29 is 40.7 Å². The molecule has 5 aromatic carbocycles. The van der Waals surface area contributed by atoms with E-state index in [-0.39, 0.29) is 29.2 Å². The summed E-state index contributed by atoms with van der Waals surface area (Å²) in [5.41, 5.74) is -1.02. The summed E-state index contributed by atoms with van der Waals surface area (Å²) in [6, 6.07) is 30.3. The first-order valence-corrected chi connectivity index (χ1v) is 16.4. The Hall–Kier alpha value is -6.34. The van der Waals surface area contributed by atoms with Crippen LogP contribution in [-0.2, 0) is 28.5 Å². The second kappa shape index (κ2) is 15.7. The third kappa shape index (κ3) is 9.17. The number of anilines is 2. The molecular weight excluding hydrogens is 734 g/mol. The topological polar surface area (TPSA) is 85.2 Å². The number of hydrogen-bond donors (Lipinski definition) is 2. The fourth-order valence-corrected chi connectivity index (χ4v) is 5.46. The molecule has 14 heteroatoms. The van der Waals surface area contributed by atoms with Crippen LogP contribution >= 0.6 is 11.6 Å². The highest BCUT2D eigenvalue weighted by Crippen LogP contribution is 2.33. The molecule has 0 aliphatic rings. The molecule has 274 valence electrons. The second-order valence-corrected chi connectivity index (χ2v) is 12.2. The molecule has 54 heavy (non-hydrogen) atoms. The van der Waals surface area contributed by atoms with Crippen molar-refractivity contribution >= 4 is 40.9 Å². The molecule has 6 rings (SSSR count). The Bertz CT molecular complexity index is 2270. The third-order valence-corrected chi connectivity index (χ3v) is 8.28. The van der Waals surface area contributed by atoms with Crippen LogP contribution in [-0.4, -0.2) is 21.6 Å². The van der Waals surface area contributed by atoms with Crippen LogP contribution in [0.15, 0.2) is 139 Å². The van der Waals surface area contributed by atoms with Crippen molar-refractivity contribution in [2.75, 3.05) is 10.6 Å². The van der Waals surface area contributed by atoms with E-state index in [0.717, 1.165) is 35.9 Å². The predicted octanol–water partition coefficient (Wildman–Crippen LogP) is 10.5. The van der Waals surface area contributed by atoms with Crippen molar-refractivity contribution in [3.8, 4) is 22.7 Å². The number of hydrogen-bond acceptors (Lipinski definition) is 4. The van der Waals surface area contributed by atoms with E-state index in [1.165, 1.54) is 23.0 Å². The number of para-hydroxylation sites is 1. The van der Waals surface area contributed by atoms with Crippen LogP contribution in [0.1, 0.15) is 22.3 Å². The van der Waals surface area contributed by atoms with Gasteiger partial charge in [-0.15, -0.1) is 0 Å². The summed E-state index contributed by atoms with van der Waals surface area (Å²) in [4.78, 5) is 27.6. The number of nitrogens with zero attached hydrogens (tertiary/aromatic N) is 2. The first-order chi connectivity index (χ1) is 25.7. The molecule has 0 saturated heterocycles. The van der Waals surface area contributed by atoms with Crippen molar-refractivity contribution in [3.05, 3.63) is 166 Å². The molecule has 6 aromatic rings. The van der Waals surface area contributed by atoms with Crippen molar-refractivity contribution in [2.24, 2.45) is 0 Å². The number of aromatic nitrogens is 2. The predicted molar refractivity (Wildman–Crippen MR) is 193 cm³/mol. The van der Waals surface area contributed by atoms with Gasteiger partial charge < -0.3 is 15.4 Å². The number of carbonyl (C=O) groups excluding carboxylic acids is 2. The fourth-order valence-electron chi connectivity index (χ4n) is 5.27. The van der Waals surface area contributed by atoms with Gasteiger partial charge in [0, 0.05) is 39.3 Å². The van der Waals surface area contributed by atoms with Gasteiger partial charge in [-0.2, -0.15) is 31.4 Å². The van der Waals surface area contributed by atoms with Gasteiger partial charge in [0.2, 0.25) is 0 Å². The highest BCUT2D eigenvalue weighted by atomic mass is 35.5. The maximum Gasteiger partial charge on any atom is 0.416 e. The molecule has 0 aliphatic heterocycles. The zero-order valence-electron chi connectivity index (χ0n) is 27.8. The SMILES string of the molecule is O=C(Nc1cccc(C(F)(F)F)c1)C(=Cc1cn(-c2ccccc2)nc1-c1cccc(OCc2ccccc2Cl)c1)C(=O)Nc1cccc(C(F)(F)F)c1. The van der Waals surface area contributed by atoms with Gasteiger partial charge in [0.05, 0.1) is 16.8 Å². The van der Waals surface area contributed by atoms with Gasteiger partial charge in [-0.3, -0.25) is 9.59 Å². The smallest absolute Gasteiger partial charge is 0.416 e. The van der Waals surface area contributed by atoms with Crippen LogP contribution in [0.25, 0.3) is 23.0 Å². The Morgan fingerprint density at radius 1 is 0.704 bits per heavy atom. The number of ether oxygens (including phenoxy) is 1. The lowest BCUT2D eigenvalue weighted by Crippen LogP contribution is -2.25. The van der Waals surface area contributed by atoms with Crippen molar-refractivity contribution in [2.45, 2.75) is 19.0 Å². The Kier molecular flexibility index (Phi) is 10.9. The Balaban J connectivity index is 1.43. The van der Waals surface area contributed by atoms with Crippen molar-refractivity contribution in [1.29, 1.82) is 0 Å². The molecule has 7 nitrogen and oxygen atoms in total. The minimum Gasteiger partial charge on any atom is -0.489 e. The number of halogens is 7. The average Bonchev–Trinajstić information content (AvgIpc) is 3.57. The zero-order valence-corrected chi connectivity index (χ0v) is 28.5. The lowest BCUT2D eigenvalue weighted by molar-refractivity contribution is -0.138. The van der Waals surface area contributed by atoms with Gasteiger partial charge in [-0.05, 0) is 72.8 Å². The summed E-state index contributed by atoms with van der Waals surface area (Å²) in [5.74, 6) is -1.86. The second-order valence-electron chi connectivity index (χ2n) is 11.7. The lowest BCUT2D eigenvalue weighted by atomic mass is 10.0. The van der Waals surface area contributed by atoms with Crippen LogP contribution in [0.2, 0.25) is 5.02 Å². The van der Waals surface area contributed by atoms with E-state index in [0.29, 0.717) is 34.2 Å². The maximum absolute atomic E-state index is 13.8. The van der Waals surface area contributed by atoms with Gasteiger partial charge in [0.15, 0.2) is 0 Å². The molecule has 0 saturated carbocycles. The van der Waals surface area contributed by atoms with E-state index in [9.17, 15) is 35.9 Å². The van der Waals surface area contributed by atoms with Crippen molar-refractivity contribution in [1.82, 2.24) is 9.78 Å². The molecule has 2 N–H and O–H groups in total. The highest BCUT2D eigenvalue weighted by Gasteiger charge is 2.32. The molecule has 0 bridgehead atoms. The van der Waals surface area contributed by atoms with Gasteiger partial charge in [-0.25, -0.2) is 4.68 Å². The molecular formula is C40H27ClF6N4O3. The summed E-state index contributed by atoms with van der Waals surface area (Å²) in [6.45, 7) is 0.143. The molecule has 0 fully saturated rings. The average molecular weight is 761 g/mol. The zero-order chi connectivity index (χ0) is 38.5. The molecule has 0 radical (unpaired) electrons. The molecule has 0 spiro atoms. The molecule has 1 heterocycles. The summed E-state index contributed by atoms with van der Waals surface area (Å²) in [7, 11) is 0. The first-order valence-electron chi connectivity index (χ1n) is 16.1. The standard InChI is InChI=1S/C40H27ClF6N4O3/c41-35-18-5-4-9-26(35)24-54-33-17-6-10-25(19-33)36-27(23-51(50-36)32-15-2-1-3-16-32)20-34(37(52)48-30-13-7-11-28(21-30)39(42,43)44)38(53)49-31-14-8-12-29(22-31)40(45,46)47/h1-23H,24H2,(H,48,52)(H,49,53). The number of alkyl halides is 6. The van der Waals surface area contributed by atoms with Crippen LogP contribution in [0.5, 0.6) is 5.75 Å². The van der Waals surface area contributed by atoms with Gasteiger partial charge in [-0.1, -0.05) is 72.3 Å². The molecule has 0 unspecified atom stereocenters. The minimum absolute atomic E-state index is 0.143. The number of nitrogens with one attached hydrogen (secondary N) is 2. The quantitative estimate of drug-likeness (QED) is 0.0630. The summed E-state index contributed by atoms with van der Waals surface area (Å²) in [6.07, 6.45) is -6.78. The van der Waals surface area contributed by atoms with Crippen LogP contribution in [0.3, 0.4) is 0 Å². The van der Waals surface area contributed by atoms with Gasteiger partial charge >= 0.3 is 12.4 Å². The summed E-state index contributed by atoms with van der Waals surface area (Å²) < 4.78 is 88.3. The normalized spacial score (nSPS) is 11.5. The Morgan fingerprint density at radius 2 is 1.28 bits per heavy atom. The largest absolute Gasteiger partial charge is 0.489 e. The lowest BCUT2D eigenvalue weighted by Gasteiger charge is -2.13. The minimum atomic E-state index is -4.73. The van der Waals surface area contributed by atoms with Crippen LogP contribution in [0, 0.1) is 0 Å². The van der Waals surface area contributed by atoms with Crippen LogP contribution < -0.4 is 15.4 Å². The number of rotatable bonds is 10. The Labute approximate surface area is 309 Å². The third-order valence-electron chi connectivity index (χ3n) is 7.91. The summed E-state index contributed by atoms with van der Waals surface area (Å²) >= 11 is 6.29. The van der Waals surface area contributed by atoms with Crippen LogP contribution in [0.4, 0.5) is 37.7 Å². The van der Waals surface area contributed by atoms with E-state index in [4.69, 9.17) is 21.4 Å². The number of benzene rings is 5. The molecule has 1 aromatic heterocycles. The van der Waals surface area contributed by atoms with E-state index in [2.05, 4.69) is 10.6 Å².